The molecule has 13 nitrogen and oxygen atoms in total. The molecule has 1 heterocycles. The van der Waals surface area contributed by atoms with Gasteiger partial charge in [0.1, 0.15) is 0 Å². The van der Waals surface area contributed by atoms with Crippen LogP contribution in [-0.2, 0) is 11.2 Å². The highest BCUT2D eigenvalue weighted by Gasteiger charge is 2.16. The van der Waals surface area contributed by atoms with Crippen molar-refractivity contribution in [3.63, 3.8) is 0 Å². The average molecular weight is 480 g/mol. The van der Waals surface area contributed by atoms with Crippen molar-refractivity contribution >= 4 is 46.7 Å². The Morgan fingerprint density at radius 1 is 1.09 bits per heavy atom. The van der Waals surface area contributed by atoms with Crippen LogP contribution in [-0.4, -0.2) is 53.8 Å². The summed E-state index contributed by atoms with van der Waals surface area (Å²) in [5, 5.41) is 11.1. The minimum Gasteiger partial charge on any atom is -0.370 e. The Balaban J connectivity index is 0.000000498. The number of benzene rings is 1. The van der Waals surface area contributed by atoms with Crippen molar-refractivity contribution in [3.05, 3.63) is 35.9 Å². The molecule has 1 saturated heterocycles. The summed E-state index contributed by atoms with van der Waals surface area (Å²) in [6.45, 7) is 3.33. The lowest BCUT2D eigenvalue weighted by Crippen LogP contribution is -2.40. The maximum Gasteiger partial charge on any atom is 0.286 e. The van der Waals surface area contributed by atoms with Crippen LogP contribution in [0.5, 0.6) is 0 Å². The molecule has 2 amide bonds. The molecule has 1 aromatic rings. The number of unbranched alkanes of at least 4 members (excludes halogenated alkanes) is 1. The summed E-state index contributed by atoms with van der Waals surface area (Å²) in [5.74, 6) is 0.185. The number of guanidine groups is 4. The summed E-state index contributed by atoms with van der Waals surface area (Å²) in [6, 6.07) is 10.0. The van der Waals surface area contributed by atoms with Crippen LogP contribution in [0.15, 0.2) is 45.3 Å². The van der Waals surface area contributed by atoms with Gasteiger partial charge in [-0.1, -0.05) is 55.4 Å². The van der Waals surface area contributed by atoms with E-state index in [-0.39, 0.29) is 35.0 Å². The zero-order valence-electron chi connectivity index (χ0n) is 18.6. The van der Waals surface area contributed by atoms with Crippen molar-refractivity contribution in [1.82, 2.24) is 10.6 Å². The summed E-state index contributed by atoms with van der Waals surface area (Å²) < 4.78 is 0. The third kappa shape index (κ3) is 18.7. The van der Waals surface area contributed by atoms with Gasteiger partial charge in [-0.05, 0) is 18.4 Å². The fourth-order valence-electron chi connectivity index (χ4n) is 1.96. The van der Waals surface area contributed by atoms with Crippen molar-refractivity contribution < 1.29 is 9.59 Å². The van der Waals surface area contributed by atoms with Gasteiger partial charge in [0.05, 0.1) is 5.75 Å². The van der Waals surface area contributed by atoms with E-state index in [9.17, 15) is 9.59 Å². The second kappa shape index (κ2) is 17.8. The van der Waals surface area contributed by atoms with E-state index >= 15 is 0 Å². The van der Waals surface area contributed by atoms with E-state index in [2.05, 4.69) is 32.5 Å². The number of aliphatic imine (C=N–C) groups is 3. The van der Waals surface area contributed by atoms with Crippen LogP contribution in [0.1, 0.15) is 25.3 Å². The molecule has 14 heteroatoms. The number of carbonyl (C=O) groups is 2. The predicted octanol–water partition coefficient (Wildman–Crippen LogP) is -0.629. The van der Waals surface area contributed by atoms with Gasteiger partial charge in [-0.3, -0.25) is 35.6 Å². The lowest BCUT2D eigenvalue weighted by atomic mass is 10.2. The highest BCUT2D eigenvalue weighted by atomic mass is 32.2. The lowest BCUT2D eigenvalue weighted by Gasteiger charge is -2.00. The zero-order chi connectivity index (χ0) is 25.1. The summed E-state index contributed by atoms with van der Waals surface area (Å²) >= 11 is 1.01. The van der Waals surface area contributed by atoms with E-state index in [4.69, 9.17) is 34.1 Å². The predicted molar refractivity (Wildman–Crippen MR) is 135 cm³/mol. The van der Waals surface area contributed by atoms with Crippen molar-refractivity contribution in [2.75, 3.05) is 18.8 Å². The third-order valence-electron chi connectivity index (χ3n) is 3.39. The van der Waals surface area contributed by atoms with Gasteiger partial charge >= 0.3 is 0 Å². The second-order valence-electron chi connectivity index (χ2n) is 6.30. The van der Waals surface area contributed by atoms with Gasteiger partial charge in [0.2, 0.25) is 11.9 Å². The fraction of sp³-hybridized carbons (Fsp3) is 0.368. The molecule has 182 valence electrons. The largest absolute Gasteiger partial charge is 0.370 e. The van der Waals surface area contributed by atoms with Crippen LogP contribution < -0.4 is 39.3 Å². The molecule has 13 N–H and O–H groups in total. The Kier molecular flexibility index (Phi) is 15.8. The van der Waals surface area contributed by atoms with Gasteiger partial charge in [-0.25, -0.2) is 0 Å². The Labute approximate surface area is 197 Å². The molecule has 0 aromatic heterocycles. The van der Waals surface area contributed by atoms with E-state index in [1.54, 1.807) is 0 Å². The molecule has 0 bridgehead atoms. The Morgan fingerprint density at radius 3 is 2.21 bits per heavy atom. The van der Waals surface area contributed by atoms with E-state index in [0.29, 0.717) is 18.8 Å². The van der Waals surface area contributed by atoms with E-state index in [1.165, 1.54) is 5.56 Å². The third-order valence-corrected chi connectivity index (χ3v) is 4.16. The molecular weight excluding hydrogens is 446 g/mol. The molecule has 0 unspecified atom stereocenters. The quantitative estimate of drug-likeness (QED) is 0.147. The van der Waals surface area contributed by atoms with Crippen LogP contribution in [0.4, 0.5) is 4.79 Å². The number of nitrogens with zero attached hydrogens (tertiary/aromatic N) is 3. The van der Waals surface area contributed by atoms with Crippen LogP contribution in [0.25, 0.3) is 0 Å². The van der Waals surface area contributed by atoms with Gasteiger partial charge in [0, 0.05) is 13.1 Å². The zero-order valence-corrected chi connectivity index (χ0v) is 19.4. The molecule has 0 saturated carbocycles. The molecule has 0 radical (unpaired) electrons. The van der Waals surface area contributed by atoms with Gasteiger partial charge in [0.15, 0.2) is 17.9 Å². The molecule has 0 atom stereocenters. The SMILES string of the molecule is CCCCN=C(N)NC(=N)N.NC(N)=NC(N)=NCCc1ccccc1.O=C1CSC(=O)N1. The Hall–Kier alpha value is -3.81. The number of hydrogen-bond acceptors (Lipinski definition) is 6. The standard InChI is InChI=1S/C10H15N5.C6H15N5.C3H3NO2S/c11-9(12)15-10(13)14-7-6-8-4-2-1-3-5-8;1-2-3-4-10-6(9)11-5(7)8;5-2-1-7-3(6)4-2/h1-5H,6-7H2,(H6,11,12,13,14,15);2-4H2,1H3,(H6,7,8,9,10,11);1H2,(H,4,5,6). The molecule has 1 aliphatic rings. The topological polar surface area (TPSA) is 249 Å². The van der Waals surface area contributed by atoms with Crippen molar-refractivity contribution in [2.45, 2.75) is 26.2 Å². The van der Waals surface area contributed by atoms with Crippen molar-refractivity contribution in [2.24, 2.45) is 43.6 Å². The number of nitrogens with two attached hydrogens (primary N) is 5. The highest BCUT2D eigenvalue weighted by molar-refractivity contribution is 8.14. The van der Waals surface area contributed by atoms with Gasteiger partial charge in [-0.2, -0.15) is 4.99 Å². The maximum atomic E-state index is 10.1. The first-order valence-corrected chi connectivity index (χ1v) is 10.9. The summed E-state index contributed by atoms with van der Waals surface area (Å²) in [7, 11) is 0. The number of amides is 2. The molecular formula is C19H33N11O2S. The Bertz CT molecular complexity index is 823. The van der Waals surface area contributed by atoms with Gasteiger partial charge in [-0.15, -0.1) is 0 Å². The molecule has 1 aromatic carbocycles. The maximum absolute atomic E-state index is 10.1. The number of thioether (sulfide) groups is 1. The van der Waals surface area contributed by atoms with E-state index in [0.717, 1.165) is 31.0 Å². The minimum atomic E-state index is -0.231. The molecule has 0 aliphatic carbocycles. The first-order valence-electron chi connectivity index (χ1n) is 9.95. The number of nitrogens with one attached hydrogen (secondary N) is 3. The average Bonchev–Trinajstić information content (AvgIpc) is 3.11. The van der Waals surface area contributed by atoms with Crippen LogP contribution in [0.3, 0.4) is 0 Å². The minimum absolute atomic E-state index is 0.0732. The van der Waals surface area contributed by atoms with E-state index < -0.39 is 0 Å². The van der Waals surface area contributed by atoms with Crippen molar-refractivity contribution in [1.29, 1.82) is 5.41 Å². The molecule has 0 spiro atoms. The molecule has 1 fully saturated rings. The summed E-state index contributed by atoms with van der Waals surface area (Å²) in [5.41, 5.74) is 27.3. The first kappa shape index (κ1) is 29.2. The summed E-state index contributed by atoms with van der Waals surface area (Å²) in [6.07, 6.45) is 2.90. The molecule has 1 aliphatic heterocycles. The van der Waals surface area contributed by atoms with Crippen molar-refractivity contribution in [3.8, 4) is 0 Å². The number of hydrogen-bond donors (Lipinski definition) is 8. The monoisotopic (exact) mass is 479 g/mol. The number of carbonyl (C=O) groups excluding carboxylic acids is 2. The normalized spacial score (nSPS) is 13.0. The molecule has 33 heavy (non-hydrogen) atoms. The Morgan fingerprint density at radius 2 is 1.76 bits per heavy atom. The molecule has 2 rings (SSSR count). The van der Waals surface area contributed by atoms with E-state index in [1.807, 2.05) is 30.3 Å². The summed E-state index contributed by atoms with van der Waals surface area (Å²) in [4.78, 5) is 31.7. The second-order valence-corrected chi connectivity index (χ2v) is 7.24. The van der Waals surface area contributed by atoms with Gasteiger partial charge < -0.3 is 28.7 Å². The number of rotatable bonds is 6. The van der Waals surface area contributed by atoms with Gasteiger partial charge in [0.25, 0.3) is 5.24 Å². The fourth-order valence-corrected chi connectivity index (χ4v) is 2.48. The first-order chi connectivity index (χ1) is 15.6. The highest BCUT2D eigenvalue weighted by Crippen LogP contribution is 2.06. The lowest BCUT2D eigenvalue weighted by molar-refractivity contribution is -0.117. The van der Waals surface area contributed by atoms with Crippen LogP contribution >= 0.6 is 11.8 Å². The van der Waals surface area contributed by atoms with Crippen LogP contribution in [0.2, 0.25) is 0 Å². The number of imide groups is 1. The van der Waals surface area contributed by atoms with Crippen LogP contribution in [0, 0.1) is 5.41 Å². The smallest absolute Gasteiger partial charge is 0.286 e.